The van der Waals surface area contributed by atoms with Crippen LogP contribution in [0.3, 0.4) is 0 Å². The number of aryl methyl sites for hydroxylation is 4. The summed E-state index contributed by atoms with van der Waals surface area (Å²) in [6, 6.07) is 13.5. The first kappa shape index (κ1) is 38.9. The van der Waals surface area contributed by atoms with Crippen LogP contribution in [-0.2, 0) is 25.7 Å². The fourth-order valence-corrected chi connectivity index (χ4v) is 8.55. The van der Waals surface area contributed by atoms with Crippen molar-refractivity contribution in [3.05, 3.63) is 167 Å². The molecule has 0 saturated carbocycles. The summed E-state index contributed by atoms with van der Waals surface area (Å²) in [5.74, 6) is -12.9. The first-order chi connectivity index (χ1) is 28.9. The lowest BCUT2D eigenvalue weighted by molar-refractivity contribution is 0.442. The lowest BCUT2D eigenvalue weighted by atomic mass is 9.90. The molecule has 0 atom stereocenters. The summed E-state index contributed by atoms with van der Waals surface area (Å²) < 4.78 is 133. The third-order valence-electron chi connectivity index (χ3n) is 11.7. The van der Waals surface area contributed by atoms with E-state index in [1.165, 1.54) is 73.8 Å². The maximum Gasteiger partial charge on any atom is 0.188 e. The van der Waals surface area contributed by atoms with Crippen molar-refractivity contribution in [2.75, 3.05) is 0 Å². The van der Waals surface area contributed by atoms with Crippen LogP contribution < -0.4 is 0 Å². The summed E-state index contributed by atoms with van der Waals surface area (Å²) in [7, 11) is 0. The van der Waals surface area contributed by atoms with Gasteiger partial charge >= 0.3 is 0 Å². The Balaban J connectivity index is 1.34. The largest absolute Gasteiger partial charge is 0.318 e. The van der Waals surface area contributed by atoms with Crippen LogP contribution in [-0.4, -0.2) is 18.3 Å². The molecule has 12 rings (SSSR count). The number of nitrogens with zero attached hydrogens (tertiary/aromatic N) is 4. The van der Waals surface area contributed by atoms with Crippen molar-refractivity contribution in [2.24, 2.45) is 0 Å². The molecular weight excluding hydrogens is 785 g/mol. The second-order valence-electron chi connectivity index (χ2n) is 14.9. The number of benzene rings is 4. The van der Waals surface area contributed by atoms with Crippen molar-refractivity contribution in [1.82, 2.24) is 18.3 Å². The van der Waals surface area contributed by atoms with Crippen LogP contribution in [0.5, 0.6) is 0 Å². The third-order valence-corrected chi connectivity index (χ3v) is 11.7. The van der Waals surface area contributed by atoms with Crippen molar-refractivity contribution in [1.29, 1.82) is 0 Å². The van der Waals surface area contributed by atoms with Gasteiger partial charge in [-0.2, -0.15) is 0 Å². The van der Waals surface area contributed by atoms with E-state index in [2.05, 4.69) is 0 Å². The van der Waals surface area contributed by atoms with Crippen molar-refractivity contribution < 1.29 is 35.1 Å². The van der Waals surface area contributed by atoms with Crippen LogP contribution in [0.2, 0.25) is 0 Å². The quantitative estimate of drug-likeness (QED) is 0.124. The van der Waals surface area contributed by atoms with E-state index in [0.717, 1.165) is 40.5 Å². The van der Waals surface area contributed by atoms with Gasteiger partial charge in [-0.1, -0.05) is 52.0 Å². The van der Waals surface area contributed by atoms with Crippen molar-refractivity contribution in [2.45, 2.75) is 53.4 Å². The summed E-state index contributed by atoms with van der Waals surface area (Å²) in [5.41, 5.74) is 3.51. The van der Waals surface area contributed by atoms with Gasteiger partial charge in [0, 0.05) is 71.8 Å². The topological polar surface area (TPSA) is 19.7 Å². The third kappa shape index (κ3) is 5.86. The van der Waals surface area contributed by atoms with Gasteiger partial charge in [-0.15, -0.1) is 0 Å². The molecule has 0 aliphatic carbocycles. The van der Waals surface area contributed by atoms with E-state index in [4.69, 9.17) is 0 Å². The number of rotatable bonds is 4. The Morgan fingerprint density at radius 1 is 0.317 bits per heavy atom. The molecule has 4 aliphatic rings. The van der Waals surface area contributed by atoms with Gasteiger partial charge in [0.15, 0.2) is 46.5 Å². The van der Waals surface area contributed by atoms with Crippen LogP contribution >= 0.6 is 0 Å². The molecule has 304 valence electrons. The minimum atomic E-state index is -1.61. The molecule has 0 radical (unpaired) electrons. The maximum atomic E-state index is 16.2. The average molecular weight is 821 g/mol. The second kappa shape index (κ2) is 14.6. The molecule has 60 heavy (non-hydrogen) atoms. The van der Waals surface area contributed by atoms with E-state index >= 15 is 35.1 Å². The van der Waals surface area contributed by atoms with Crippen LogP contribution in [0.1, 0.15) is 49.9 Å². The Morgan fingerprint density at radius 2 is 0.500 bits per heavy atom. The molecule has 4 nitrogen and oxygen atoms in total. The summed E-state index contributed by atoms with van der Waals surface area (Å²) in [6.45, 7) is 7.79. The highest BCUT2D eigenvalue weighted by atomic mass is 19.2. The maximum absolute atomic E-state index is 16.2. The SMILES string of the molecule is CCc1cc2c(cc1CC)-c1ccn(c1)-c1c(F)c(F)c(c(F)c1F)-n1ccc(c1)-c1cc(CC)c(CC)cc1-c1ccn(c1)-c1c(F)c(F)c(c(F)c1F)-n1ccc-2c1. The summed E-state index contributed by atoms with van der Waals surface area (Å²) >= 11 is 0. The standard InChI is InChI=1S/C48H36F8N4/c1-5-25-17-33-29-9-13-57(21-29)45-37(49)39(51)47(40(52)38(45)50)59-15-11-31(23-59)35-19-27(7-3)28(8-4)20-36(35)32-12-16-60(24-32)48-43(55)41(53)46(42(54)44(48)56)58-14-10-30(22-58)34(33)18-26(25)6-2/h9-24H,5-8H2,1-4H3. The van der Waals surface area contributed by atoms with Gasteiger partial charge < -0.3 is 18.3 Å². The number of aromatic nitrogens is 4. The van der Waals surface area contributed by atoms with Gasteiger partial charge in [-0.3, -0.25) is 0 Å². The van der Waals surface area contributed by atoms with Gasteiger partial charge in [0.2, 0.25) is 0 Å². The molecule has 0 spiro atoms. The first-order valence-corrected chi connectivity index (χ1v) is 19.7. The first-order valence-electron chi connectivity index (χ1n) is 19.7. The normalized spacial score (nSPS) is 11.9. The van der Waals surface area contributed by atoms with E-state index < -0.39 is 69.3 Å². The predicted octanol–water partition coefficient (Wildman–Crippen LogP) is 13.2. The van der Waals surface area contributed by atoms with Gasteiger partial charge in [0.25, 0.3) is 0 Å². The molecule has 8 aromatic rings. The van der Waals surface area contributed by atoms with E-state index in [1.54, 1.807) is 0 Å². The minimum Gasteiger partial charge on any atom is -0.318 e. The Labute approximate surface area is 340 Å². The summed E-state index contributed by atoms with van der Waals surface area (Å²) in [4.78, 5) is 0. The molecule has 0 fully saturated rings. The molecule has 0 amide bonds. The van der Waals surface area contributed by atoms with E-state index in [0.29, 0.717) is 70.2 Å². The van der Waals surface area contributed by atoms with Gasteiger partial charge in [-0.25, -0.2) is 35.1 Å². The van der Waals surface area contributed by atoms with Crippen LogP contribution in [0.25, 0.3) is 67.3 Å². The summed E-state index contributed by atoms with van der Waals surface area (Å²) in [5, 5.41) is 0. The molecule has 12 bridgehead atoms. The fraction of sp³-hybridized carbons (Fsp3) is 0.167. The van der Waals surface area contributed by atoms with Gasteiger partial charge in [0.05, 0.1) is 0 Å². The van der Waals surface area contributed by atoms with Crippen LogP contribution in [0.4, 0.5) is 35.1 Å². The van der Waals surface area contributed by atoms with E-state index in [1.807, 2.05) is 52.0 Å². The van der Waals surface area contributed by atoms with Gasteiger partial charge in [-0.05, 0) is 94.5 Å². The molecule has 0 saturated heterocycles. The lowest BCUT2D eigenvalue weighted by Crippen LogP contribution is -2.11. The zero-order valence-corrected chi connectivity index (χ0v) is 32.9. The van der Waals surface area contributed by atoms with Crippen LogP contribution in [0.15, 0.2) is 98.1 Å². The molecule has 4 aliphatic heterocycles. The van der Waals surface area contributed by atoms with Crippen LogP contribution in [0, 0.1) is 46.5 Å². The molecule has 4 aromatic heterocycles. The van der Waals surface area contributed by atoms with E-state index in [9.17, 15) is 0 Å². The number of hydrogen-bond acceptors (Lipinski definition) is 0. The minimum absolute atomic E-state index is 0.393. The highest BCUT2D eigenvalue weighted by Gasteiger charge is 2.31. The Morgan fingerprint density at radius 3 is 0.667 bits per heavy atom. The molecular formula is C48H36F8N4. The highest BCUT2D eigenvalue weighted by molar-refractivity contribution is 5.86. The molecule has 0 N–H and O–H groups in total. The zero-order chi connectivity index (χ0) is 42.3. The van der Waals surface area contributed by atoms with Crippen molar-refractivity contribution in [3.8, 4) is 67.3 Å². The highest BCUT2D eigenvalue weighted by Crippen LogP contribution is 2.41. The Kier molecular flexibility index (Phi) is 9.48. The average Bonchev–Trinajstić information content (AvgIpc) is 4.10. The van der Waals surface area contributed by atoms with Crippen molar-refractivity contribution in [3.63, 3.8) is 0 Å². The monoisotopic (exact) mass is 820 g/mol. The Hall–Kier alpha value is -6.56. The van der Waals surface area contributed by atoms with Gasteiger partial charge in [0.1, 0.15) is 22.7 Å². The predicted molar refractivity (Wildman–Crippen MR) is 216 cm³/mol. The number of halogens is 8. The molecule has 0 unspecified atom stereocenters. The molecule has 8 heterocycles. The molecule has 12 heteroatoms. The lowest BCUT2D eigenvalue weighted by Gasteiger charge is -2.16. The Bertz CT molecular complexity index is 2570. The molecule has 4 aromatic carbocycles. The summed E-state index contributed by atoms with van der Waals surface area (Å²) in [6.07, 6.45) is 12.8. The zero-order valence-electron chi connectivity index (χ0n) is 32.9. The van der Waals surface area contributed by atoms with Crippen molar-refractivity contribution >= 4 is 0 Å². The van der Waals surface area contributed by atoms with E-state index in [-0.39, 0.29) is 0 Å². The number of hydrogen-bond donors (Lipinski definition) is 0. The second-order valence-corrected chi connectivity index (χ2v) is 14.9. The fourth-order valence-electron chi connectivity index (χ4n) is 8.55. The smallest absolute Gasteiger partial charge is 0.188 e.